The molecule has 0 saturated carbocycles. The van der Waals surface area contributed by atoms with E-state index in [0.29, 0.717) is 26.4 Å². The van der Waals surface area contributed by atoms with Crippen LogP contribution >= 0.6 is 0 Å². The van der Waals surface area contributed by atoms with Crippen molar-refractivity contribution in [3.63, 3.8) is 0 Å². The van der Waals surface area contributed by atoms with Gasteiger partial charge in [-0.15, -0.1) is 0 Å². The fraction of sp³-hybridized carbons (Fsp3) is 0.389. The topological polar surface area (TPSA) is 93.2 Å². The summed E-state index contributed by atoms with van der Waals surface area (Å²) >= 11 is 0. The van der Waals surface area contributed by atoms with Crippen LogP contribution < -0.4 is 4.74 Å². The highest BCUT2D eigenvalue weighted by Gasteiger charge is 2.66. The van der Waals surface area contributed by atoms with Crippen LogP contribution in [-0.4, -0.2) is 47.8 Å². The maximum Gasteiger partial charge on any atom is 0.125 e. The Morgan fingerprint density at radius 3 is 2.00 bits per heavy atom. The van der Waals surface area contributed by atoms with Gasteiger partial charge in [-0.1, -0.05) is 30.3 Å². The molecule has 2 N–H and O–H groups in total. The number of hydrogen-bond donors (Lipinski definition) is 2. The molecular weight excluding hydrogens is 544 g/mol. The molecule has 3 aliphatic heterocycles. The van der Waals surface area contributed by atoms with Gasteiger partial charge in [0.2, 0.25) is 0 Å². The van der Waals surface area contributed by atoms with Gasteiger partial charge in [0.25, 0.3) is 0 Å². The van der Waals surface area contributed by atoms with Gasteiger partial charge in [0, 0.05) is 5.92 Å². The van der Waals surface area contributed by atoms with Crippen LogP contribution in [0.15, 0.2) is 78.1 Å². The van der Waals surface area contributed by atoms with Crippen molar-refractivity contribution in [1.29, 1.82) is 0 Å². The predicted molar refractivity (Wildman–Crippen MR) is 162 cm³/mol. The number of benzene rings is 3. The molecule has 7 heteroatoms. The number of aryl methyl sites for hydroxylation is 2. The van der Waals surface area contributed by atoms with Crippen LogP contribution in [0.3, 0.4) is 0 Å². The predicted octanol–water partition coefficient (Wildman–Crippen LogP) is 6.37. The van der Waals surface area contributed by atoms with Crippen molar-refractivity contribution in [2.24, 2.45) is 11.3 Å². The van der Waals surface area contributed by atoms with Gasteiger partial charge in [0.1, 0.15) is 48.4 Å². The average Bonchev–Trinajstić information content (AvgIpc) is 3.91. The summed E-state index contributed by atoms with van der Waals surface area (Å²) in [5, 5.41) is 19.3. The van der Waals surface area contributed by atoms with Gasteiger partial charge in [0.15, 0.2) is 0 Å². The second-order valence-corrected chi connectivity index (χ2v) is 12.5. The molecule has 43 heavy (non-hydrogen) atoms. The first-order valence-corrected chi connectivity index (χ1v) is 15.0. The van der Waals surface area contributed by atoms with Crippen molar-refractivity contribution in [2.75, 3.05) is 13.2 Å². The summed E-state index contributed by atoms with van der Waals surface area (Å²) in [5.41, 5.74) is 7.09. The summed E-state index contributed by atoms with van der Waals surface area (Å²) in [6.07, 6.45) is 2.26. The molecule has 1 aliphatic carbocycles. The first-order valence-electron chi connectivity index (χ1n) is 15.0. The first-order chi connectivity index (χ1) is 20.7. The van der Waals surface area contributed by atoms with Crippen LogP contribution in [0.2, 0.25) is 0 Å². The number of phenolic OH excluding ortho intramolecular Hbond substituents is 2. The highest BCUT2D eigenvalue weighted by Crippen LogP contribution is 2.61. The maximum absolute atomic E-state index is 9.74. The van der Waals surface area contributed by atoms with Crippen LogP contribution in [0.25, 0.3) is 5.57 Å². The van der Waals surface area contributed by atoms with Gasteiger partial charge in [-0.05, 0) is 103 Å². The van der Waals surface area contributed by atoms with Crippen molar-refractivity contribution in [1.82, 2.24) is 0 Å². The molecule has 3 fully saturated rings. The molecule has 0 amide bonds. The Hall–Kier alpha value is -3.78. The number of epoxide rings is 2. The lowest BCUT2D eigenvalue weighted by Crippen LogP contribution is -2.43. The Labute approximate surface area is 252 Å². The summed E-state index contributed by atoms with van der Waals surface area (Å²) in [6, 6.07) is 18.7. The van der Waals surface area contributed by atoms with E-state index in [1.807, 2.05) is 24.3 Å². The van der Waals surface area contributed by atoms with Crippen molar-refractivity contribution in [2.45, 2.75) is 65.3 Å². The zero-order valence-electron chi connectivity index (χ0n) is 25.0. The van der Waals surface area contributed by atoms with E-state index in [2.05, 4.69) is 45.9 Å². The largest absolute Gasteiger partial charge is 0.508 e. The van der Waals surface area contributed by atoms with Gasteiger partial charge in [0.05, 0.1) is 30.8 Å². The molecule has 0 bridgehead atoms. The van der Waals surface area contributed by atoms with Gasteiger partial charge in [-0.3, -0.25) is 0 Å². The SMILES string of the molecule is CC1=C(OCc2ccc(O)cc2)C2(C)C3OC3COCC3OC3C2C(c2cc(C)c(OCc3ccc(O)cc3)c(C)c2)=C1. The molecule has 7 rings (SSSR count). The third kappa shape index (κ3) is 5.20. The normalized spacial score (nSPS) is 29.2. The highest BCUT2D eigenvalue weighted by molar-refractivity contribution is 5.76. The van der Waals surface area contributed by atoms with E-state index >= 15 is 0 Å². The quantitative estimate of drug-likeness (QED) is 0.313. The Morgan fingerprint density at radius 1 is 0.791 bits per heavy atom. The molecule has 6 atom stereocenters. The minimum Gasteiger partial charge on any atom is -0.508 e. The Morgan fingerprint density at radius 2 is 1.37 bits per heavy atom. The minimum absolute atomic E-state index is 0.00870. The minimum atomic E-state index is -0.460. The van der Waals surface area contributed by atoms with Crippen LogP contribution in [-0.2, 0) is 32.2 Å². The van der Waals surface area contributed by atoms with E-state index in [4.69, 9.17) is 23.7 Å². The van der Waals surface area contributed by atoms with Gasteiger partial charge < -0.3 is 33.9 Å². The number of allylic oxidation sites excluding steroid dienone is 2. The summed E-state index contributed by atoms with van der Waals surface area (Å²) < 4.78 is 31.6. The number of ether oxygens (including phenoxy) is 5. The lowest BCUT2D eigenvalue weighted by molar-refractivity contribution is 0.0628. The molecule has 0 aromatic heterocycles. The molecule has 6 unspecified atom stereocenters. The monoisotopic (exact) mass is 582 g/mol. The van der Waals surface area contributed by atoms with Crippen molar-refractivity contribution in [3.8, 4) is 17.2 Å². The smallest absolute Gasteiger partial charge is 0.125 e. The molecule has 7 nitrogen and oxygen atoms in total. The van der Waals surface area contributed by atoms with Crippen LogP contribution in [0.4, 0.5) is 0 Å². The van der Waals surface area contributed by atoms with Crippen molar-refractivity contribution >= 4 is 5.57 Å². The van der Waals surface area contributed by atoms with Crippen molar-refractivity contribution in [3.05, 3.63) is 106 Å². The van der Waals surface area contributed by atoms with Crippen molar-refractivity contribution < 1.29 is 33.9 Å². The zero-order valence-corrected chi connectivity index (χ0v) is 25.0. The molecule has 4 aliphatic rings. The van der Waals surface area contributed by atoms with E-state index in [1.165, 1.54) is 5.57 Å². The molecule has 224 valence electrons. The van der Waals surface area contributed by atoms with Crippen LogP contribution in [0.5, 0.6) is 17.2 Å². The van der Waals surface area contributed by atoms with E-state index in [1.54, 1.807) is 24.3 Å². The fourth-order valence-corrected chi connectivity index (χ4v) is 7.16. The number of aromatic hydroxyl groups is 2. The molecule has 3 heterocycles. The van der Waals surface area contributed by atoms with Gasteiger partial charge in [-0.25, -0.2) is 0 Å². The summed E-state index contributed by atoms with van der Waals surface area (Å²) in [6.45, 7) is 10.5. The van der Waals surface area contributed by atoms with Gasteiger partial charge in [-0.2, -0.15) is 0 Å². The zero-order chi connectivity index (χ0) is 29.9. The fourth-order valence-electron chi connectivity index (χ4n) is 7.16. The van der Waals surface area contributed by atoms with E-state index in [0.717, 1.165) is 44.9 Å². The highest BCUT2D eigenvalue weighted by atomic mass is 16.6. The lowest BCUT2D eigenvalue weighted by atomic mass is 9.62. The molecule has 3 aromatic rings. The van der Waals surface area contributed by atoms with E-state index in [9.17, 15) is 10.2 Å². The second kappa shape index (κ2) is 10.7. The summed E-state index contributed by atoms with van der Waals surface area (Å²) in [4.78, 5) is 0. The van der Waals surface area contributed by atoms with E-state index < -0.39 is 5.41 Å². The van der Waals surface area contributed by atoms with Crippen LogP contribution in [0.1, 0.15) is 41.7 Å². The average molecular weight is 583 g/mol. The Bertz CT molecular complexity index is 1570. The first kappa shape index (κ1) is 28.0. The molecule has 0 radical (unpaired) electrons. The standard InChI is InChI=1S/C36H38O7/c1-20-13-25(14-21(2)32(20)40-16-23-5-9-26(37)10-6-23)28-15-22(3)34(41-17-24-7-11-27(38)12-8-24)36(4)31(28)33-29(42-33)18-39-19-30-35(36)43-30/h5-15,29-31,33,35,37-38H,16-19H2,1-4H3. The third-order valence-electron chi connectivity index (χ3n) is 9.32. The Balaban J connectivity index is 1.25. The lowest BCUT2D eigenvalue weighted by Gasteiger charge is -2.43. The summed E-state index contributed by atoms with van der Waals surface area (Å²) in [7, 11) is 0. The second-order valence-electron chi connectivity index (χ2n) is 12.5. The molecule has 3 aromatic carbocycles. The van der Waals surface area contributed by atoms with Gasteiger partial charge >= 0.3 is 0 Å². The number of fused-ring (bicyclic) bond motifs is 5. The number of rotatable bonds is 7. The molecule has 0 spiro atoms. The van der Waals surface area contributed by atoms with E-state index in [-0.39, 0.29) is 41.8 Å². The Kier molecular flexibility index (Phi) is 7.00. The number of hydrogen-bond acceptors (Lipinski definition) is 7. The van der Waals surface area contributed by atoms with Crippen LogP contribution in [0, 0.1) is 25.2 Å². The maximum atomic E-state index is 9.74. The number of phenols is 2. The summed E-state index contributed by atoms with van der Waals surface area (Å²) in [5.74, 6) is 2.29. The molecule has 3 saturated heterocycles. The molecular formula is C36H38O7. The third-order valence-corrected chi connectivity index (χ3v) is 9.32.